The van der Waals surface area contributed by atoms with Crippen molar-refractivity contribution in [3.63, 3.8) is 0 Å². The van der Waals surface area contributed by atoms with E-state index in [0.717, 1.165) is 5.56 Å². The number of hydrogen-bond acceptors (Lipinski definition) is 7. The smallest absolute Gasteiger partial charge is 0.338 e. The molecule has 0 fully saturated rings. The van der Waals surface area contributed by atoms with E-state index in [-0.39, 0.29) is 19.0 Å². The van der Waals surface area contributed by atoms with Crippen molar-refractivity contribution in [3.8, 4) is 11.5 Å². The molecule has 0 bridgehead atoms. The Hall–Kier alpha value is -3.36. The fourth-order valence-electron chi connectivity index (χ4n) is 3.93. The van der Waals surface area contributed by atoms with Gasteiger partial charge in [0.1, 0.15) is 0 Å². The van der Waals surface area contributed by atoms with Crippen LogP contribution in [0.4, 0.5) is 0 Å². The molecular formula is C24H19ClN2O5S. The van der Waals surface area contributed by atoms with Gasteiger partial charge >= 0.3 is 5.97 Å². The first kappa shape index (κ1) is 21.5. The molecule has 7 nitrogen and oxygen atoms in total. The number of nitrogens with zero attached hydrogens (tertiary/aromatic N) is 2. The summed E-state index contributed by atoms with van der Waals surface area (Å²) in [7, 11) is 0. The van der Waals surface area contributed by atoms with Gasteiger partial charge in [-0.3, -0.25) is 9.36 Å². The number of carbonyl (C=O) groups excluding carboxylic acids is 1. The Balaban J connectivity index is 1.71. The molecule has 1 atom stereocenters. The number of carbonyl (C=O) groups is 1. The minimum absolute atomic E-state index is 0.129. The molecule has 168 valence electrons. The van der Waals surface area contributed by atoms with Crippen molar-refractivity contribution in [2.24, 2.45) is 4.99 Å². The molecule has 2 aromatic carbocycles. The monoisotopic (exact) mass is 482 g/mol. The molecule has 9 heteroatoms. The summed E-state index contributed by atoms with van der Waals surface area (Å²) in [5.41, 5.74) is 2.03. The average molecular weight is 483 g/mol. The molecule has 1 aromatic heterocycles. The van der Waals surface area contributed by atoms with Gasteiger partial charge in [0, 0.05) is 6.07 Å². The minimum atomic E-state index is -0.643. The van der Waals surface area contributed by atoms with Gasteiger partial charge in [0.2, 0.25) is 6.79 Å². The van der Waals surface area contributed by atoms with Crippen molar-refractivity contribution in [1.29, 1.82) is 0 Å². The molecule has 33 heavy (non-hydrogen) atoms. The molecule has 1 unspecified atom stereocenters. The average Bonchev–Trinajstić information content (AvgIpc) is 3.37. The highest BCUT2D eigenvalue weighted by Gasteiger charge is 2.33. The van der Waals surface area contributed by atoms with E-state index in [1.807, 2.05) is 30.3 Å². The van der Waals surface area contributed by atoms with Crippen molar-refractivity contribution in [3.05, 3.63) is 89.6 Å². The Bertz CT molecular complexity index is 1470. The summed E-state index contributed by atoms with van der Waals surface area (Å²) < 4.78 is 18.1. The minimum Gasteiger partial charge on any atom is -0.463 e. The van der Waals surface area contributed by atoms with Crippen molar-refractivity contribution >= 4 is 35.0 Å². The predicted molar refractivity (Wildman–Crippen MR) is 124 cm³/mol. The topological polar surface area (TPSA) is 79.1 Å². The normalized spacial score (nSPS) is 17.1. The van der Waals surface area contributed by atoms with Crippen molar-refractivity contribution in [2.45, 2.75) is 19.9 Å². The van der Waals surface area contributed by atoms with Gasteiger partial charge in [-0.1, -0.05) is 53.3 Å². The number of aromatic nitrogens is 1. The number of allylic oxidation sites excluding steroid dienone is 1. The molecule has 5 rings (SSSR count). The Morgan fingerprint density at radius 2 is 2.00 bits per heavy atom. The number of ether oxygens (including phenoxy) is 3. The van der Waals surface area contributed by atoms with Crippen LogP contribution in [-0.2, 0) is 9.53 Å². The van der Waals surface area contributed by atoms with Crippen LogP contribution in [0.5, 0.6) is 11.5 Å². The molecule has 0 amide bonds. The van der Waals surface area contributed by atoms with Gasteiger partial charge in [0.05, 0.1) is 33.5 Å². The van der Waals surface area contributed by atoms with Gasteiger partial charge in [-0.15, -0.1) is 0 Å². The Labute approximate surface area is 197 Å². The zero-order chi connectivity index (χ0) is 23.1. The van der Waals surface area contributed by atoms with Gasteiger partial charge in [0.25, 0.3) is 5.56 Å². The fraction of sp³-hybridized carbons (Fsp3) is 0.208. The van der Waals surface area contributed by atoms with Gasteiger partial charge in [-0.05, 0) is 37.1 Å². The summed E-state index contributed by atoms with van der Waals surface area (Å²) in [6, 6.07) is 12.2. The first-order valence-corrected chi connectivity index (χ1v) is 11.5. The largest absolute Gasteiger partial charge is 0.463 e. The van der Waals surface area contributed by atoms with E-state index in [2.05, 4.69) is 4.99 Å². The van der Waals surface area contributed by atoms with Crippen LogP contribution in [0.3, 0.4) is 0 Å². The van der Waals surface area contributed by atoms with Crippen LogP contribution in [0.1, 0.15) is 31.0 Å². The maximum atomic E-state index is 13.6. The number of benzene rings is 2. The van der Waals surface area contributed by atoms with Crippen LogP contribution in [0.2, 0.25) is 5.02 Å². The summed E-state index contributed by atoms with van der Waals surface area (Å²) in [4.78, 5) is 31.5. The highest BCUT2D eigenvalue weighted by molar-refractivity contribution is 7.07. The Kier molecular flexibility index (Phi) is 5.55. The summed E-state index contributed by atoms with van der Waals surface area (Å²) in [6.07, 6.45) is 1.71. The number of hydrogen-bond donors (Lipinski definition) is 0. The van der Waals surface area contributed by atoms with Crippen LogP contribution in [-0.4, -0.2) is 23.9 Å². The maximum Gasteiger partial charge on any atom is 0.338 e. The molecule has 0 N–H and O–H groups in total. The van der Waals surface area contributed by atoms with Crippen LogP contribution in [0.25, 0.3) is 6.08 Å². The summed E-state index contributed by atoms with van der Waals surface area (Å²) in [5.74, 6) is 0.652. The maximum absolute atomic E-state index is 13.6. The number of fused-ring (bicyclic) bond motifs is 2. The van der Waals surface area contributed by atoms with Gasteiger partial charge in [-0.2, -0.15) is 0 Å². The van der Waals surface area contributed by atoms with Crippen LogP contribution < -0.4 is 24.4 Å². The second kappa shape index (κ2) is 8.53. The van der Waals surface area contributed by atoms with Crippen LogP contribution >= 0.6 is 22.9 Å². The van der Waals surface area contributed by atoms with Crippen LogP contribution in [0, 0.1) is 0 Å². The van der Waals surface area contributed by atoms with Gasteiger partial charge in [-0.25, -0.2) is 9.79 Å². The lowest BCUT2D eigenvalue weighted by Crippen LogP contribution is -2.39. The third kappa shape index (κ3) is 3.75. The Morgan fingerprint density at radius 3 is 2.73 bits per heavy atom. The van der Waals surface area contributed by atoms with Crippen LogP contribution in [0.15, 0.2) is 63.5 Å². The molecule has 0 radical (unpaired) electrons. The fourth-order valence-corrected chi connectivity index (χ4v) is 5.17. The van der Waals surface area contributed by atoms with E-state index in [1.54, 1.807) is 36.6 Å². The molecule has 3 heterocycles. The lowest BCUT2D eigenvalue weighted by molar-refractivity contribution is -0.139. The first-order chi connectivity index (χ1) is 16.0. The van der Waals surface area contributed by atoms with Crippen molar-refractivity contribution in [1.82, 2.24) is 4.57 Å². The van der Waals surface area contributed by atoms with Crippen molar-refractivity contribution < 1.29 is 19.0 Å². The third-order valence-electron chi connectivity index (χ3n) is 5.41. The summed E-state index contributed by atoms with van der Waals surface area (Å²) in [5, 5.41) is 0.438. The first-order valence-electron chi connectivity index (χ1n) is 10.3. The zero-order valence-corrected chi connectivity index (χ0v) is 19.4. The number of rotatable bonds is 4. The molecule has 2 aliphatic heterocycles. The molecule has 0 aliphatic carbocycles. The molecule has 0 saturated heterocycles. The van der Waals surface area contributed by atoms with E-state index in [1.165, 1.54) is 11.3 Å². The lowest BCUT2D eigenvalue weighted by atomic mass is 9.96. The second-order valence-electron chi connectivity index (χ2n) is 7.44. The standard InChI is InChI=1S/C24H19ClN2O5S/c1-3-30-23(29)20-13(2)26-24-27(21(20)14-7-5-4-6-8-14)22(28)19(33-24)10-15-9-17-18(11-16(15)25)32-12-31-17/h4-11,21H,3,12H2,1-2H3/b19-10-. The zero-order valence-electron chi connectivity index (χ0n) is 17.8. The highest BCUT2D eigenvalue weighted by Crippen LogP contribution is 2.37. The lowest BCUT2D eigenvalue weighted by Gasteiger charge is -2.24. The number of esters is 1. The summed E-state index contributed by atoms with van der Waals surface area (Å²) >= 11 is 7.66. The predicted octanol–water partition coefficient (Wildman–Crippen LogP) is 3.18. The Morgan fingerprint density at radius 1 is 1.27 bits per heavy atom. The quantitative estimate of drug-likeness (QED) is 0.534. The molecule has 0 spiro atoms. The molecule has 0 saturated carbocycles. The van der Waals surface area contributed by atoms with Crippen molar-refractivity contribution in [2.75, 3.05) is 13.4 Å². The van der Waals surface area contributed by atoms with Gasteiger partial charge < -0.3 is 14.2 Å². The van der Waals surface area contributed by atoms with E-state index < -0.39 is 12.0 Å². The van der Waals surface area contributed by atoms with E-state index >= 15 is 0 Å². The van der Waals surface area contributed by atoms with E-state index in [9.17, 15) is 9.59 Å². The number of halogens is 1. The number of thiazole rings is 1. The molecular weight excluding hydrogens is 464 g/mol. The molecule has 2 aliphatic rings. The summed E-state index contributed by atoms with van der Waals surface area (Å²) in [6.45, 7) is 3.86. The highest BCUT2D eigenvalue weighted by atomic mass is 35.5. The van der Waals surface area contributed by atoms with E-state index in [4.69, 9.17) is 25.8 Å². The molecule has 3 aromatic rings. The van der Waals surface area contributed by atoms with E-state index in [0.29, 0.717) is 42.7 Å². The second-order valence-corrected chi connectivity index (χ2v) is 8.86. The third-order valence-corrected chi connectivity index (χ3v) is 6.72. The SMILES string of the molecule is CCOC(=O)C1=C(C)N=c2s/c(=C\c3cc4c(cc3Cl)OCO4)c(=O)n2C1c1ccccc1. The van der Waals surface area contributed by atoms with Gasteiger partial charge in [0.15, 0.2) is 16.3 Å².